The van der Waals surface area contributed by atoms with E-state index in [9.17, 15) is 14.7 Å². The molecule has 1 aliphatic rings. The summed E-state index contributed by atoms with van der Waals surface area (Å²) in [6.45, 7) is 18.4. The van der Waals surface area contributed by atoms with E-state index in [1.807, 2.05) is 0 Å². The molecule has 1 saturated carbocycles. The number of unbranched alkanes of at least 4 members (excludes halogenated alkanes) is 2. The zero-order valence-electron chi connectivity index (χ0n) is 38.4. The van der Waals surface area contributed by atoms with Crippen LogP contribution >= 0.6 is 0 Å². The molecule has 6 heteroatoms. The molecule has 0 atom stereocenters. The lowest BCUT2D eigenvalue weighted by Gasteiger charge is -2.29. The highest BCUT2D eigenvalue weighted by Crippen LogP contribution is 2.40. The SMILES string of the molecule is C=C(C)C(=O)OCCCc1cc(-c2ccc(-c3ccc(-c4ccc(C5CCC(CCCCC)CC5)cc4)c(CC)c3)cc2CC)cc(CCCOC(=O)C(=C)C)c1OCCCO. The zero-order valence-corrected chi connectivity index (χ0v) is 38.4. The summed E-state index contributed by atoms with van der Waals surface area (Å²) in [5.41, 5.74) is 14.1. The Hall–Kier alpha value is -4.94. The van der Waals surface area contributed by atoms with Crippen LogP contribution in [0.4, 0.5) is 0 Å². The number of aliphatic hydroxyl groups is 1. The minimum atomic E-state index is -0.397. The molecule has 0 unspecified atom stereocenters. The molecule has 0 heterocycles. The molecule has 1 fully saturated rings. The lowest BCUT2D eigenvalue weighted by Crippen LogP contribution is -2.13. The van der Waals surface area contributed by atoms with Crippen LogP contribution in [-0.2, 0) is 44.7 Å². The third-order valence-corrected chi connectivity index (χ3v) is 12.5. The van der Waals surface area contributed by atoms with Gasteiger partial charge in [0.05, 0.1) is 19.8 Å². The van der Waals surface area contributed by atoms with Crippen LogP contribution in [0.15, 0.2) is 97.1 Å². The monoisotopic (exact) mass is 841 g/mol. The van der Waals surface area contributed by atoms with Crippen LogP contribution < -0.4 is 4.74 Å². The maximum atomic E-state index is 12.1. The molecular formula is C56H72O6. The Balaban J connectivity index is 1.40. The van der Waals surface area contributed by atoms with Crippen molar-refractivity contribution in [1.82, 2.24) is 0 Å². The first kappa shape index (κ1) is 48.1. The molecule has 4 aromatic carbocycles. The molecule has 6 nitrogen and oxygen atoms in total. The molecule has 0 bridgehead atoms. The van der Waals surface area contributed by atoms with Crippen LogP contribution in [0.1, 0.15) is 139 Å². The van der Waals surface area contributed by atoms with Gasteiger partial charge in [0.2, 0.25) is 0 Å². The van der Waals surface area contributed by atoms with E-state index in [1.165, 1.54) is 90.3 Å². The Morgan fingerprint density at radius 3 is 1.58 bits per heavy atom. The maximum absolute atomic E-state index is 12.1. The maximum Gasteiger partial charge on any atom is 0.333 e. The summed E-state index contributed by atoms with van der Waals surface area (Å²) >= 11 is 0. The van der Waals surface area contributed by atoms with Gasteiger partial charge in [0.15, 0.2) is 0 Å². The first-order chi connectivity index (χ1) is 30.1. The summed E-state index contributed by atoms with van der Waals surface area (Å²) in [7, 11) is 0. The highest BCUT2D eigenvalue weighted by Gasteiger charge is 2.23. The number of carbonyl (C=O) groups is 2. The van der Waals surface area contributed by atoms with Crippen molar-refractivity contribution in [2.45, 2.75) is 137 Å². The van der Waals surface area contributed by atoms with Crippen molar-refractivity contribution in [3.8, 4) is 39.1 Å². The average Bonchev–Trinajstić information content (AvgIpc) is 3.29. The molecule has 1 N–H and O–H groups in total. The van der Waals surface area contributed by atoms with Crippen molar-refractivity contribution in [2.24, 2.45) is 5.92 Å². The summed E-state index contributed by atoms with van der Waals surface area (Å²) < 4.78 is 17.3. The molecule has 0 amide bonds. The molecule has 0 saturated heterocycles. The minimum absolute atomic E-state index is 0.0261. The quantitative estimate of drug-likeness (QED) is 0.0430. The van der Waals surface area contributed by atoms with Gasteiger partial charge in [0.25, 0.3) is 0 Å². The van der Waals surface area contributed by atoms with E-state index in [-0.39, 0.29) is 19.8 Å². The van der Waals surface area contributed by atoms with Crippen LogP contribution in [0.2, 0.25) is 0 Å². The van der Waals surface area contributed by atoms with Crippen LogP contribution in [0.3, 0.4) is 0 Å². The number of aryl methyl sites for hydroxylation is 4. The van der Waals surface area contributed by atoms with E-state index in [1.54, 1.807) is 13.8 Å². The number of carbonyl (C=O) groups excluding carboxylic acids is 2. The molecule has 0 spiro atoms. The summed E-state index contributed by atoms with van der Waals surface area (Å²) in [5.74, 6) is 1.59. The third-order valence-electron chi connectivity index (χ3n) is 12.5. The fraction of sp³-hybridized carbons (Fsp3) is 0.464. The van der Waals surface area contributed by atoms with E-state index in [0.29, 0.717) is 55.8 Å². The normalized spacial score (nSPS) is 14.9. The second-order valence-corrected chi connectivity index (χ2v) is 17.4. The van der Waals surface area contributed by atoms with Gasteiger partial charge in [-0.2, -0.15) is 0 Å². The van der Waals surface area contributed by atoms with Crippen molar-refractivity contribution in [1.29, 1.82) is 0 Å². The smallest absolute Gasteiger partial charge is 0.333 e. The second-order valence-electron chi connectivity index (χ2n) is 17.4. The first-order valence-electron chi connectivity index (χ1n) is 23.5. The zero-order chi connectivity index (χ0) is 44.4. The molecule has 5 rings (SSSR count). The predicted octanol–water partition coefficient (Wildman–Crippen LogP) is 13.5. The number of rotatable bonds is 24. The molecule has 332 valence electrons. The Bertz CT molecular complexity index is 2050. The van der Waals surface area contributed by atoms with Crippen LogP contribution in [0.25, 0.3) is 33.4 Å². The van der Waals surface area contributed by atoms with E-state index in [4.69, 9.17) is 14.2 Å². The van der Waals surface area contributed by atoms with Gasteiger partial charge in [0, 0.05) is 24.2 Å². The standard InChI is InChI=1S/C56H72O6/c1-8-11-12-16-41-19-21-44(22-20-41)45-23-25-46(26-24-45)52-29-27-47(35-42(52)9-2)48-28-30-53(43(10-3)36-48)51-37-49(17-13-32-61-55(58)39(4)5)54(60-34-15-31-57)50(38-51)18-14-33-62-56(59)40(6)7/h23-30,35-38,41,44,57H,4,6,8-22,31-34H2,1-3,5,7H3. The second kappa shape index (κ2) is 24.6. The Labute approximate surface area is 372 Å². The van der Waals surface area contributed by atoms with Gasteiger partial charge in [-0.3, -0.25) is 0 Å². The Kier molecular flexibility index (Phi) is 19.1. The fourth-order valence-electron chi connectivity index (χ4n) is 8.90. The van der Waals surface area contributed by atoms with Crippen LogP contribution in [-0.4, -0.2) is 43.5 Å². The van der Waals surface area contributed by atoms with Crippen molar-refractivity contribution in [2.75, 3.05) is 26.4 Å². The van der Waals surface area contributed by atoms with E-state index >= 15 is 0 Å². The van der Waals surface area contributed by atoms with Gasteiger partial charge in [-0.05, 0) is 163 Å². The molecule has 0 aromatic heterocycles. The fourth-order valence-corrected chi connectivity index (χ4v) is 8.90. The average molecular weight is 841 g/mol. The van der Waals surface area contributed by atoms with Crippen molar-refractivity contribution < 1.29 is 28.9 Å². The third kappa shape index (κ3) is 13.5. The number of hydrogen-bond donors (Lipinski definition) is 1. The molecule has 4 aromatic rings. The summed E-state index contributed by atoms with van der Waals surface area (Å²) in [6.07, 6.45) is 15.6. The van der Waals surface area contributed by atoms with Crippen LogP contribution in [0, 0.1) is 5.92 Å². The lowest BCUT2D eigenvalue weighted by molar-refractivity contribution is -0.139. The molecule has 1 aliphatic carbocycles. The van der Waals surface area contributed by atoms with E-state index in [0.717, 1.165) is 46.8 Å². The molecular weight excluding hydrogens is 769 g/mol. The molecule has 0 radical (unpaired) electrons. The van der Waals surface area contributed by atoms with E-state index < -0.39 is 11.9 Å². The van der Waals surface area contributed by atoms with Gasteiger partial charge in [0.1, 0.15) is 5.75 Å². The topological polar surface area (TPSA) is 82.1 Å². The number of benzene rings is 4. The lowest BCUT2D eigenvalue weighted by atomic mass is 9.77. The van der Waals surface area contributed by atoms with Gasteiger partial charge >= 0.3 is 11.9 Å². The largest absolute Gasteiger partial charge is 0.493 e. The number of ether oxygens (including phenoxy) is 3. The Morgan fingerprint density at radius 1 is 0.597 bits per heavy atom. The Morgan fingerprint density at radius 2 is 1.10 bits per heavy atom. The highest BCUT2D eigenvalue weighted by molar-refractivity contribution is 5.87. The van der Waals surface area contributed by atoms with Crippen LogP contribution in [0.5, 0.6) is 5.75 Å². The molecule has 0 aliphatic heterocycles. The van der Waals surface area contributed by atoms with Gasteiger partial charge in [-0.25, -0.2) is 9.59 Å². The first-order valence-corrected chi connectivity index (χ1v) is 23.5. The molecule has 62 heavy (non-hydrogen) atoms. The van der Waals surface area contributed by atoms with Gasteiger partial charge < -0.3 is 19.3 Å². The minimum Gasteiger partial charge on any atom is -0.493 e. The number of esters is 2. The van der Waals surface area contributed by atoms with E-state index in [2.05, 4.69) is 107 Å². The summed E-state index contributed by atoms with van der Waals surface area (Å²) in [6, 6.07) is 27.6. The summed E-state index contributed by atoms with van der Waals surface area (Å²) in [5, 5.41) is 9.56. The number of hydrogen-bond acceptors (Lipinski definition) is 6. The van der Waals surface area contributed by atoms with Crippen molar-refractivity contribution in [3.05, 3.63) is 125 Å². The van der Waals surface area contributed by atoms with Gasteiger partial charge in [-0.1, -0.05) is 120 Å². The number of aliphatic hydroxyl groups excluding tert-OH is 1. The van der Waals surface area contributed by atoms with Crippen molar-refractivity contribution >= 4 is 11.9 Å². The van der Waals surface area contributed by atoms with Crippen molar-refractivity contribution in [3.63, 3.8) is 0 Å². The highest BCUT2D eigenvalue weighted by atomic mass is 16.5. The predicted molar refractivity (Wildman–Crippen MR) is 256 cm³/mol. The van der Waals surface area contributed by atoms with Gasteiger partial charge in [-0.15, -0.1) is 0 Å². The summed E-state index contributed by atoms with van der Waals surface area (Å²) in [4.78, 5) is 24.3.